The van der Waals surface area contributed by atoms with Gasteiger partial charge in [0, 0.05) is 38.0 Å². The van der Waals surface area contributed by atoms with Gasteiger partial charge in [0.2, 0.25) is 0 Å². The summed E-state index contributed by atoms with van der Waals surface area (Å²) in [7, 11) is 3.35. The molecular formula is C18H19F2N3O2. The van der Waals surface area contributed by atoms with Crippen LogP contribution >= 0.6 is 0 Å². The minimum absolute atomic E-state index is 0.0357. The van der Waals surface area contributed by atoms with Crippen LogP contribution in [-0.2, 0) is 6.42 Å². The van der Waals surface area contributed by atoms with Crippen LogP contribution in [0.15, 0.2) is 42.5 Å². The molecule has 0 bridgehead atoms. The normalized spacial score (nSPS) is 10.2. The molecule has 0 unspecified atom stereocenters. The van der Waals surface area contributed by atoms with Crippen LogP contribution < -0.4 is 10.6 Å². The zero-order chi connectivity index (χ0) is 18.4. The third-order valence-electron chi connectivity index (χ3n) is 3.40. The van der Waals surface area contributed by atoms with Gasteiger partial charge in [-0.3, -0.25) is 4.79 Å². The van der Waals surface area contributed by atoms with Gasteiger partial charge in [0.25, 0.3) is 5.91 Å². The number of halogens is 2. The van der Waals surface area contributed by atoms with Gasteiger partial charge < -0.3 is 15.5 Å². The number of nitrogens with zero attached hydrogens (tertiary/aromatic N) is 1. The zero-order valence-corrected chi connectivity index (χ0v) is 14.0. The number of hydrogen-bond acceptors (Lipinski definition) is 2. The van der Waals surface area contributed by atoms with Crippen molar-refractivity contribution in [1.82, 2.24) is 10.2 Å². The molecule has 2 aromatic carbocycles. The molecule has 0 fully saturated rings. The van der Waals surface area contributed by atoms with Crippen LogP contribution in [0.3, 0.4) is 0 Å². The number of carbonyl (C=O) groups excluding carboxylic acids is 2. The van der Waals surface area contributed by atoms with Crippen molar-refractivity contribution in [3.8, 4) is 0 Å². The number of amides is 3. The van der Waals surface area contributed by atoms with Gasteiger partial charge in [0.15, 0.2) is 0 Å². The number of benzene rings is 2. The molecule has 2 rings (SSSR count). The van der Waals surface area contributed by atoms with Crippen molar-refractivity contribution >= 4 is 17.6 Å². The first-order valence-corrected chi connectivity index (χ1v) is 7.66. The van der Waals surface area contributed by atoms with E-state index < -0.39 is 17.7 Å². The summed E-state index contributed by atoms with van der Waals surface area (Å²) in [6.07, 6.45) is 0.513. The van der Waals surface area contributed by atoms with E-state index in [0.717, 1.165) is 23.8 Å². The lowest BCUT2D eigenvalue weighted by molar-refractivity contribution is 0.0827. The van der Waals surface area contributed by atoms with Crippen LogP contribution in [0.4, 0.5) is 19.3 Å². The monoisotopic (exact) mass is 347 g/mol. The molecule has 2 N–H and O–H groups in total. The molecule has 7 heteroatoms. The van der Waals surface area contributed by atoms with Gasteiger partial charge in [-0.15, -0.1) is 0 Å². The topological polar surface area (TPSA) is 61.4 Å². The number of hydrogen-bond donors (Lipinski definition) is 2. The first-order chi connectivity index (χ1) is 11.8. The smallest absolute Gasteiger partial charge is 0.319 e. The molecule has 0 aromatic heterocycles. The van der Waals surface area contributed by atoms with Crippen LogP contribution in [0.1, 0.15) is 15.9 Å². The van der Waals surface area contributed by atoms with Gasteiger partial charge in [-0.2, -0.15) is 0 Å². The maximum atomic E-state index is 13.1. The maximum absolute atomic E-state index is 13.1. The second kappa shape index (κ2) is 8.23. The average molecular weight is 347 g/mol. The van der Waals surface area contributed by atoms with Crippen molar-refractivity contribution in [1.29, 1.82) is 0 Å². The lowest BCUT2D eigenvalue weighted by atomic mass is 10.1. The first-order valence-electron chi connectivity index (χ1n) is 7.66. The van der Waals surface area contributed by atoms with E-state index in [0.29, 0.717) is 18.5 Å². The summed E-state index contributed by atoms with van der Waals surface area (Å²) in [6, 6.07) is 9.35. The van der Waals surface area contributed by atoms with Crippen molar-refractivity contribution in [3.63, 3.8) is 0 Å². The Labute approximate surface area is 144 Å². The molecule has 0 saturated carbocycles. The molecule has 25 heavy (non-hydrogen) atoms. The van der Waals surface area contributed by atoms with E-state index >= 15 is 0 Å². The number of carbonyl (C=O) groups is 2. The van der Waals surface area contributed by atoms with Crippen molar-refractivity contribution in [2.24, 2.45) is 0 Å². The predicted molar refractivity (Wildman–Crippen MR) is 91.5 cm³/mol. The number of anilines is 1. The standard InChI is InChI=1S/C18H19F2N3O2/c1-23(2)17(24)13-5-3-4-12(8-13)6-7-21-18(25)22-16-10-14(19)9-15(20)11-16/h3-5,8-11H,6-7H2,1-2H3,(H2,21,22,25). The van der Waals surface area contributed by atoms with E-state index in [2.05, 4.69) is 10.6 Å². The van der Waals surface area contributed by atoms with Crippen LogP contribution in [-0.4, -0.2) is 37.5 Å². The molecule has 0 aliphatic heterocycles. The summed E-state index contributed by atoms with van der Waals surface area (Å²) >= 11 is 0. The van der Waals surface area contributed by atoms with Gasteiger partial charge in [-0.1, -0.05) is 12.1 Å². The Morgan fingerprint density at radius 2 is 1.72 bits per heavy atom. The maximum Gasteiger partial charge on any atom is 0.319 e. The van der Waals surface area contributed by atoms with Crippen LogP contribution in [0.5, 0.6) is 0 Å². The molecule has 0 spiro atoms. The Kier molecular flexibility index (Phi) is 6.05. The Bertz CT molecular complexity index is 758. The van der Waals surface area contributed by atoms with Gasteiger partial charge in [-0.25, -0.2) is 13.6 Å². The van der Waals surface area contributed by atoms with Gasteiger partial charge in [-0.05, 0) is 36.2 Å². The summed E-state index contributed by atoms with van der Waals surface area (Å²) in [4.78, 5) is 25.2. The van der Waals surface area contributed by atoms with E-state index in [1.807, 2.05) is 6.07 Å². The SMILES string of the molecule is CN(C)C(=O)c1cccc(CCNC(=O)Nc2cc(F)cc(F)c2)c1. The summed E-state index contributed by atoms with van der Waals surface area (Å²) in [5, 5.41) is 4.96. The minimum atomic E-state index is -0.766. The predicted octanol–water partition coefficient (Wildman–Crippen LogP) is 3.03. The number of urea groups is 1. The van der Waals surface area contributed by atoms with Gasteiger partial charge >= 0.3 is 6.03 Å². The summed E-state index contributed by atoms with van der Waals surface area (Å²) < 4.78 is 26.1. The molecule has 0 atom stereocenters. The molecule has 0 heterocycles. The third-order valence-corrected chi connectivity index (χ3v) is 3.40. The second-order valence-corrected chi connectivity index (χ2v) is 5.69. The van der Waals surface area contributed by atoms with Gasteiger partial charge in [0.05, 0.1) is 0 Å². The minimum Gasteiger partial charge on any atom is -0.345 e. The molecule has 0 saturated heterocycles. The number of rotatable bonds is 5. The molecule has 0 radical (unpaired) electrons. The van der Waals surface area contributed by atoms with Crippen molar-refractivity contribution in [2.75, 3.05) is 26.0 Å². The zero-order valence-electron chi connectivity index (χ0n) is 14.0. The average Bonchev–Trinajstić information content (AvgIpc) is 2.53. The summed E-state index contributed by atoms with van der Waals surface area (Å²) in [5.41, 5.74) is 1.50. The van der Waals surface area contributed by atoms with E-state index in [-0.39, 0.29) is 11.6 Å². The van der Waals surface area contributed by atoms with Crippen molar-refractivity contribution in [2.45, 2.75) is 6.42 Å². The molecule has 0 aliphatic carbocycles. The van der Waals surface area contributed by atoms with Crippen molar-refractivity contribution < 1.29 is 18.4 Å². The fourth-order valence-corrected chi connectivity index (χ4v) is 2.24. The lowest BCUT2D eigenvalue weighted by Gasteiger charge is -2.11. The van der Waals surface area contributed by atoms with E-state index in [4.69, 9.17) is 0 Å². The highest BCUT2D eigenvalue weighted by molar-refractivity contribution is 5.94. The van der Waals surface area contributed by atoms with Gasteiger partial charge in [0.1, 0.15) is 11.6 Å². The Morgan fingerprint density at radius 1 is 1.04 bits per heavy atom. The highest BCUT2D eigenvalue weighted by Crippen LogP contribution is 2.12. The van der Waals surface area contributed by atoms with E-state index in [1.54, 1.807) is 32.3 Å². The number of nitrogens with one attached hydrogen (secondary N) is 2. The Hall–Kier alpha value is -2.96. The first kappa shape index (κ1) is 18.4. The van der Waals surface area contributed by atoms with Crippen molar-refractivity contribution in [3.05, 3.63) is 65.2 Å². The lowest BCUT2D eigenvalue weighted by Crippen LogP contribution is -2.30. The van der Waals surface area contributed by atoms with Crippen LogP contribution in [0, 0.1) is 11.6 Å². The second-order valence-electron chi connectivity index (χ2n) is 5.69. The highest BCUT2D eigenvalue weighted by Gasteiger charge is 2.09. The fraction of sp³-hybridized carbons (Fsp3) is 0.222. The molecule has 2 aromatic rings. The summed E-state index contributed by atoms with van der Waals surface area (Å²) in [6.45, 7) is 0.309. The quantitative estimate of drug-likeness (QED) is 0.873. The van der Waals surface area contributed by atoms with Crippen LogP contribution in [0.2, 0.25) is 0 Å². The highest BCUT2D eigenvalue weighted by atomic mass is 19.1. The molecule has 3 amide bonds. The third kappa shape index (κ3) is 5.56. The Balaban J connectivity index is 1.87. The molecular weight excluding hydrogens is 328 g/mol. The largest absolute Gasteiger partial charge is 0.345 e. The molecule has 132 valence electrons. The van der Waals surface area contributed by atoms with Crippen LogP contribution in [0.25, 0.3) is 0 Å². The fourth-order valence-electron chi connectivity index (χ4n) is 2.24. The molecule has 0 aliphatic rings. The van der Waals surface area contributed by atoms with E-state index in [1.165, 1.54) is 4.90 Å². The summed E-state index contributed by atoms with van der Waals surface area (Å²) in [5.74, 6) is -1.63. The Morgan fingerprint density at radius 3 is 2.36 bits per heavy atom. The molecule has 5 nitrogen and oxygen atoms in total. The van der Waals surface area contributed by atoms with E-state index in [9.17, 15) is 18.4 Å².